The predicted molar refractivity (Wildman–Crippen MR) is 77.8 cm³/mol. The Morgan fingerprint density at radius 1 is 1.16 bits per heavy atom. The van der Waals surface area contributed by atoms with E-state index in [1.54, 1.807) is 6.92 Å². The number of anilines is 1. The lowest BCUT2D eigenvalue weighted by atomic mass is 10.1. The molecule has 0 unspecified atom stereocenters. The molecule has 1 aliphatic carbocycles. The molecule has 3 heteroatoms. The smallest absolute Gasteiger partial charge is 0.161 e. The molecule has 1 aliphatic heterocycles. The second-order valence-electron chi connectivity index (χ2n) is 5.80. The van der Waals surface area contributed by atoms with Crippen molar-refractivity contribution in [1.29, 1.82) is 0 Å². The highest BCUT2D eigenvalue weighted by Gasteiger charge is 2.27. The molecule has 1 heterocycles. The van der Waals surface area contributed by atoms with Crippen molar-refractivity contribution < 1.29 is 4.79 Å². The maximum absolute atomic E-state index is 11.7. The third kappa shape index (κ3) is 2.98. The van der Waals surface area contributed by atoms with Crippen LogP contribution in [0.15, 0.2) is 24.3 Å². The van der Waals surface area contributed by atoms with Crippen LogP contribution in [0.2, 0.25) is 0 Å². The van der Waals surface area contributed by atoms with Crippen molar-refractivity contribution >= 4 is 11.5 Å². The maximum atomic E-state index is 11.7. The molecule has 3 nitrogen and oxygen atoms in total. The second kappa shape index (κ2) is 5.33. The molecule has 3 rings (SSSR count). The van der Waals surface area contributed by atoms with Crippen LogP contribution in [0.3, 0.4) is 0 Å². The Bertz CT molecular complexity index is 460. The second-order valence-corrected chi connectivity index (χ2v) is 5.80. The molecule has 1 saturated carbocycles. The van der Waals surface area contributed by atoms with Gasteiger partial charge in [-0.05, 0) is 37.8 Å². The number of nitrogens with zero attached hydrogens (tertiary/aromatic N) is 2. The number of ketones is 1. The molecule has 0 spiro atoms. The molecule has 2 fully saturated rings. The van der Waals surface area contributed by atoms with Crippen LogP contribution in [0.1, 0.15) is 30.1 Å². The van der Waals surface area contributed by atoms with Gasteiger partial charge in [0.1, 0.15) is 0 Å². The highest BCUT2D eigenvalue weighted by atomic mass is 16.1. The fourth-order valence-electron chi connectivity index (χ4n) is 2.88. The summed E-state index contributed by atoms with van der Waals surface area (Å²) >= 11 is 0. The largest absolute Gasteiger partial charge is 0.368 e. The summed E-state index contributed by atoms with van der Waals surface area (Å²) in [5.41, 5.74) is 1.97. The number of carbonyl (C=O) groups is 1. The lowest BCUT2D eigenvalue weighted by Crippen LogP contribution is -2.47. The van der Waals surface area contributed by atoms with E-state index < -0.39 is 0 Å². The highest BCUT2D eigenvalue weighted by Crippen LogP contribution is 2.30. The van der Waals surface area contributed by atoms with E-state index in [0.29, 0.717) is 0 Å². The van der Waals surface area contributed by atoms with Gasteiger partial charge in [0.2, 0.25) is 0 Å². The Morgan fingerprint density at radius 3 is 2.47 bits per heavy atom. The number of piperazine rings is 1. The molecule has 1 aromatic carbocycles. The van der Waals surface area contributed by atoms with Gasteiger partial charge in [0, 0.05) is 44.0 Å². The van der Waals surface area contributed by atoms with Gasteiger partial charge in [0.05, 0.1) is 0 Å². The standard InChI is InChI=1S/C16H22N2O/c1-13(19)15-4-2-3-5-16(15)18-10-8-17(9-11-18)12-14-6-7-14/h2-5,14H,6-12H2,1H3. The Kier molecular flexibility index (Phi) is 3.56. The van der Waals surface area contributed by atoms with E-state index in [2.05, 4.69) is 15.9 Å². The zero-order valence-electron chi connectivity index (χ0n) is 11.6. The first-order valence-corrected chi connectivity index (χ1v) is 7.31. The number of Topliss-reactive ketones (excluding diaryl/α,β-unsaturated/α-hetero) is 1. The minimum Gasteiger partial charge on any atom is -0.368 e. The number of carbonyl (C=O) groups excluding carboxylic acids is 1. The first-order chi connectivity index (χ1) is 9.24. The summed E-state index contributed by atoms with van der Waals surface area (Å²) in [6.07, 6.45) is 2.85. The van der Waals surface area contributed by atoms with Crippen LogP contribution in [-0.4, -0.2) is 43.4 Å². The van der Waals surface area contributed by atoms with Gasteiger partial charge >= 0.3 is 0 Å². The van der Waals surface area contributed by atoms with Gasteiger partial charge in [-0.2, -0.15) is 0 Å². The first kappa shape index (κ1) is 12.7. The zero-order valence-corrected chi connectivity index (χ0v) is 11.6. The number of hydrogen-bond acceptors (Lipinski definition) is 3. The van der Waals surface area contributed by atoms with E-state index in [0.717, 1.165) is 43.3 Å². The van der Waals surface area contributed by atoms with Crippen molar-refractivity contribution in [2.75, 3.05) is 37.6 Å². The Labute approximate surface area is 115 Å². The fraction of sp³-hybridized carbons (Fsp3) is 0.562. The summed E-state index contributed by atoms with van der Waals surface area (Å²) in [6.45, 7) is 7.27. The summed E-state index contributed by atoms with van der Waals surface area (Å²) in [5.74, 6) is 1.13. The number of rotatable bonds is 4. The van der Waals surface area contributed by atoms with Gasteiger partial charge in [-0.3, -0.25) is 9.69 Å². The summed E-state index contributed by atoms with van der Waals surface area (Å²) in [7, 11) is 0. The van der Waals surface area contributed by atoms with E-state index in [4.69, 9.17) is 0 Å². The summed E-state index contributed by atoms with van der Waals surface area (Å²) < 4.78 is 0. The Balaban J connectivity index is 1.65. The molecule has 19 heavy (non-hydrogen) atoms. The van der Waals surface area contributed by atoms with Crippen LogP contribution in [0, 0.1) is 5.92 Å². The third-order valence-corrected chi connectivity index (χ3v) is 4.21. The average Bonchev–Trinajstić information content (AvgIpc) is 3.23. The molecule has 1 aromatic rings. The van der Waals surface area contributed by atoms with Crippen molar-refractivity contribution in [2.45, 2.75) is 19.8 Å². The van der Waals surface area contributed by atoms with Gasteiger partial charge in [-0.1, -0.05) is 12.1 Å². The van der Waals surface area contributed by atoms with E-state index in [-0.39, 0.29) is 5.78 Å². The van der Waals surface area contributed by atoms with Gasteiger partial charge in [0.15, 0.2) is 5.78 Å². The molecule has 0 aromatic heterocycles. The molecular weight excluding hydrogens is 236 g/mol. The van der Waals surface area contributed by atoms with Crippen LogP contribution < -0.4 is 4.90 Å². The quantitative estimate of drug-likeness (QED) is 0.775. The van der Waals surface area contributed by atoms with Gasteiger partial charge < -0.3 is 4.90 Å². The van der Waals surface area contributed by atoms with Crippen molar-refractivity contribution in [2.24, 2.45) is 5.92 Å². The first-order valence-electron chi connectivity index (χ1n) is 7.31. The molecule has 0 amide bonds. The highest BCUT2D eigenvalue weighted by molar-refractivity contribution is 5.99. The average molecular weight is 258 g/mol. The molecule has 0 bridgehead atoms. The van der Waals surface area contributed by atoms with Gasteiger partial charge in [-0.15, -0.1) is 0 Å². The lowest BCUT2D eigenvalue weighted by Gasteiger charge is -2.36. The number of para-hydroxylation sites is 1. The monoisotopic (exact) mass is 258 g/mol. The van der Waals surface area contributed by atoms with Crippen molar-refractivity contribution in [1.82, 2.24) is 4.90 Å². The lowest BCUT2D eigenvalue weighted by molar-refractivity contribution is 0.101. The minimum atomic E-state index is 0.163. The summed E-state index contributed by atoms with van der Waals surface area (Å²) in [6, 6.07) is 7.99. The minimum absolute atomic E-state index is 0.163. The molecular formula is C16H22N2O. The zero-order chi connectivity index (χ0) is 13.2. The van der Waals surface area contributed by atoms with E-state index >= 15 is 0 Å². The Morgan fingerprint density at radius 2 is 1.84 bits per heavy atom. The van der Waals surface area contributed by atoms with Gasteiger partial charge in [-0.25, -0.2) is 0 Å². The Hall–Kier alpha value is -1.35. The van der Waals surface area contributed by atoms with Crippen LogP contribution in [-0.2, 0) is 0 Å². The van der Waals surface area contributed by atoms with E-state index in [1.807, 2.05) is 18.2 Å². The molecule has 0 atom stereocenters. The maximum Gasteiger partial charge on any atom is 0.161 e. The van der Waals surface area contributed by atoms with Gasteiger partial charge in [0.25, 0.3) is 0 Å². The number of benzene rings is 1. The van der Waals surface area contributed by atoms with Crippen LogP contribution in [0.5, 0.6) is 0 Å². The van der Waals surface area contributed by atoms with Crippen LogP contribution in [0.4, 0.5) is 5.69 Å². The van der Waals surface area contributed by atoms with Crippen LogP contribution >= 0.6 is 0 Å². The predicted octanol–water partition coefficient (Wildman–Crippen LogP) is 2.42. The molecule has 0 radical (unpaired) electrons. The normalized spacial score (nSPS) is 20.6. The topological polar surface area (TPSA) is 23.6 Å². The molecule has 1 saturated heterocycles. The molecule has 102 valence electrons. The van der Waals surface area contributed by atoms with Crippen LogP contribution in [0.25, 0.3) is 0 Å². The van der Waals surface area contributed by atoms with Crippen molar-refractivity contribution in [3.8, 4) is 0 Å². The molecule has 0 N–H and O–H groups in total. The van der Waals surface area contributed by atoms with Crippen molar-refractivity contribution in [3.63, 3.8) is 0 Å². The molecule has 2 aliphatic rings. The summed E-state index contributed by atoms with van der Waals surface area (Å²) in [4.78, 5) is 16.6. The van der Waals surface area contributed by atoms with E-state index in [9.17, 15) is 4.79 Å². The fourth-order valence-corrected chi connectivity index (χ4v) is 2.88. The summed E-state index contributed by atoms with van der Waals surface area (Å²) in [5, 5.41) is 0. The van der Waals surface area contributed by atoms with E-state index in [1.165, 1.54) is 19.4 Å². The van der Waals surface area contributed by atoms with Crippen molar-refractivity contribution in [3.05, 3.63) is 29.8 Å². The third-order valence-electron chi connectivity index (χ3n) is 4.21. The SMILES string of the molecule is CC(=O)c1ccccc1N1CCN(CC2CC2)CC1. The number of hydrogen-bond donors (Lipinski definition) is 0.